The van der Waals surface area contributed by atoms with Crippen molar-refractivity contribution in [3.8, 4) is 0 Å². The third kappa shape index (κ3) is 5.72. The minimum absolute atomic E-state index is 0.279. The third-order valence-corrected chi connectivity index (χ3v) is 5.98. The maximum absolute atomic E-state index is 11.8. The van der Waals surface area contributed by atoms with Crippen molar-refractivity contribution >= 4 is 11.9 Å². The van der Waals surface area contributed by atoms with Crippen molar-refractivity contribution in [3.63, 3.8) is 0 Å². The van der Waals surface area contributed by atoms with Gasteiger partial charge in [0.15, 0.2) is 5.96 Å². The molecule has 0 aromatic heterocycles. The summed E-state index contributed by atoms with van der Waals surface area (Å²) in [7, 11) is 1.84. The van der Waals surface area contributed by atoms with Crippen molar-refractivity contribution in [3.05, 3.63) is 35.4 Å². The van der Waals surface area contributed by atoms with Crippen LogP contribution in [0.2, 0.25) is 0 Å². The molecule has 0 atom stereocenters. The van der Waals surface area contributed by atoms with Crippen LogP contribution in [-0.4, -0.2) is 36.4 Å². The number of guanidine groups is 1. The van der Waals surface area contributed by atoms with Crippen molar-refractivity contribution < 1.29 is 4.79 Å². The topological polar surface area (TPSA) is 56.7 Å². The van der Waals surface area contributed by atoms with Crippen molar-refractivity contribution in [2.24, 2.45) is 10.9 Å². The first-order valence-corrected chi connectivity index (χ1v) is 10.5. The second-order valence-electron chi connectivity index (χ2n) is 7.93. The highest BCUT2D eigenvalue weighted by atomic mass is 16.2. The largest absolute Gasteiger partial charge is 0.354 e. The summed E-state index contributed by atoms with van der Waals surface area (Å²) in [6.07, 6.45) is 8.10. The van der Waals surface area contributed by atoms with Crippen LogP contribution >= 0.6 is 0 Å². The average molecular weight is 371 g/mol. The van der Waals surface area contributed by atoms with Gasteiger partial charge in [0, 0.05) is 39.1 Å². The zero-order valence-electron chi connectivity index (χ0n) is 16.8. The molecule has 148 valence electrons. The molecule has 0 unspecified atom stereocenters. The smallest absolute Gasteiger partial charge is 0.222 e. The SMILES string of the molecule is CCC1CCC(NC(=NC)NCc2cccc(CN3CCCC3=O)c2)CC1. The molecular formula is C22H34N4O. The van der Waals surface area contributed by atoms with E-state index in [2.05, 4.69) is 46.8 Å². The lowest BCUT2D eigenvalue weighted by Crippen LogP contribution is -2.44. The number of nitrogens with zero attached hydrogens (tertiary/aromatic N) is 2. The highest BCUT2D eigenvalue weighted by Crippen LogP contribution is 2.26. The van der Waals surface area contributed by atoms with Gasteiger partial charge in [-0.15, -0.1) is 0 Å². The van der Waals surface area contributed by atoms with Gasteiger partial charge in [0.05, 0.1) is 0 Å². The molecule has 2 N–H and O–H groups in total. The lowest BCUT2D eigenvalue weighted by atomic mass is 9.84. The van der Waals surface area contributed by atoms with Crippen LogP contribution in [0.5, 0.6) is 0 Å². The number of likely N-dealkylation sites (tertiary alicyclic amines) is 1. The van der Waals surface area contributed by atoms with Gasteiger partial charge in [-0.2, -0.15) is 0 Å². The summed E-state index contributed by atoms with van der Waals surface area (Å²) in [4.78, 5) is 18.2. The monoisotopic (exact) mass is 370 g/mol. The fraction of sp³-hybridized carbons (Fsp3) is 0.636. The molecule has 1 saturated carbocycles. The zero-order chi connectivity index (χ0) is 19.1. The first-order valence-electron chi connectivity index (χ1n) is 10.5. The highest BCUT2D eigenvalue weighted by Gasteiger charge is 2.21. The minimum Gasteiger partial charge on any atom is -0.354 e. The molecule has 3 rings (SSSR count). The van der Waals surface area contributed by atoms with E-state index in [0.29, 0.717) is 12.5 Å². The van der Waals surface area contributed by atoms with Crippen LogP contribution in [0.1, 0.15) is 63.0 Å². The Morgan fingerprint density at radius 1 is 1.22 bits per heavy atom. The molecule has 1 aliphatic heterocycles. The molecule has 1 saturated heterocycles. The molecule has 0 spiro atoms. The fourth-order valence-electron chi connectivity index (χ4n) is 4.22. The Hall–Kier alpha value is -2.04. The number of hydrogen-bond acceptors (Lipinski definition) is 2. The summed E-state index contributed by atoms with van der Waals surface area (Å²) in [5.74, 6) is 2.07. The Morgan fingerprint density at radius 3 is 2.67 bits per heavy atom. The van der Waals surface area contributed by atoms with Gasteiger partial charge < -0.3 is 15.5 Å². The lowest BCUT2D eigenvalue weighted by Gasteiger charge is -2.29. The second-order valence-corrected chi connectivity index (χ2v) is 7.93. The summed E-state index contributed by atoms with van der Waals surface area (Å²) < 4.78 is 0. The van der Waals surface area contributed by atoms with E-state index >= 15 is 0 Å². The van der Waals surface area contributed by atoms with Gasteiger partial charge in [-0.1, -0.05) is 37.6 Å². The Morgan fingerprint density at radius 2 is 2.00 bits per heavy atom. The van der Waals surface area contributed by atoms with Crippen molar-refractivity contribution in [1.29, 1.82) is 0 Å². The van der Waals surface area contributed by atoms with E-state index in [1.165, 1.54) is 43.2 Å². The molecule has 27 heavy (non-hydrogen) atoms. The van der Waals surface area contributed by atoms with E-state index in [1.807, 2.05) is 11.9 Å². The predicted molar refractivity (Wildman–Crippen MR) is 110 cm³/mol. The van der Waals surface area contributed by atoms with Gasteiger partial charge in [-0.05, 0) is 49.1 Å². The molecule has 1 amide bonds. The van der Waals surface area contributed by atoms with Crippen molar-refractivity contribution in [1.82, 2.24) is 15.5 Å². The molecule has 2 fully saturated rings. The lowest BCUT2D eigenvalue weighted by molar-refractivity contribution is -0.128. The van der Waals surface area contributed by atoms with Gasteiger partial charge in [-0.25, -0.2) is 0 Å². The Labute approximate surface area is 163 Å². The molecule has 1 aromatic rings. The van der Waals surface area contributed by atoms with Crippen LogP contribution in [-0.2, 0) is 17.9 Å². The zero-order valence-corrected chi connectivity index (χ0v) is 16.8. The van der Waals surface area contributed by atoms with Crippen LogP contribution < -0.4 is 10.6 Å². The summed E-state index contributed by atoms with van der Waals surface area (Å²) in [5.41, 5.74) is 2.42. The third-order valence-electron chi connectivity index (χ3n) is 5.98. The second kappa shape index (κ2) is 9.77. The van der Waals surface area contributed by atoms with Crippen LogP contribution in [0.15, 0.2) is 29.3 Å². The normalized spacial score (nSPS) is 23.6. The molecule has 2 aliphatic rings. The quantitative estimate of drug-likeness (QED) is 0.596. The average Bonchev–Trinajstić information content (AvgIpc) is 3.10. The molecule has 1 aliphatic carbocycles. The first kappa shape index (κ1) is 19.7. The van der Waals surface area contributed by atoms with Crippen LogP contribution in [0.4, 0.5) is 0 Å². The highest BCUT2D eigenvalue weighted by molar-refractivity contribution is 5.80. The molecule has 0 bridgehead atoms. The molecule has 1 heterocycles. The number of amides is 1. The van der Waals surface area contributed by atoms with Gasteiger partial charge in [0.1, 0.15) is 0 Å². The Bertz CT molecular complexity index is 649. The van der Waals surface area contributed by atoms with E-state index < -0.39 is 0 Å². The van der Waals surface area contributed by atoms with Crippen molar-refractivity contribution in [2.45, 2.75) is 71.0 Å². The number of benzene rings is 1. The van der Waals surface area contributed by atoms with Crippen LogP contribution in [0, 0.1) is 5.92 Å². The first-order chi connectivity index (χ1) is 13.2. The van der Waals surface area contributed by atoms with Crippen molar-refractivity contribution in [2.75, 3.05) is 13.6 Å². The standard InChI is InChI=1S/C22H34N4O/c1-3-17-9-11-20(12-10-17)25-22(23-2)24-15-18-6-4-7-19(14-18)16-26-13-5-8-21(26)27/h4,6-7,14,17,20H,3,5,8-13,15-16H2,1-2H3,(H2,23,24,25). The van der Waals surface area contributed by atoms with Crippen LogP contribution in [0.25, 0.3) is 0 Å². The molecule has 5 nitrogen and oxygen atoms in total. The van der Waals surface area contributed by atoms with E-state index in [4.69, 9.17) is 0 Å². The molecule has 0 radical (unpaired) electrons. The maximum atomic E-state index is 11.8. The number of hydrogen-bond donors (Lipinski definition) is 2. The van der Waals surface area contributed by atoms with E-state index in [9.17, 15) is 4.79 Å². The van der Waals surface area contributed by atoms with Crippen LogP contribution in [0.3, 0.4) is 0 Å². The molecule has 5 heteroatoms. The van der Waals surface area contributed by atoms with Gasteiger partial charge in [0.25, 0.3) is 0 Å². The van der Waals surface area contributed by atoms with Gasteiger partial charge in [0.2, 0.25) is 5.91 Å². The molecular weight excluding hydrogens is 336 g/mol. The Balaban J connectivity index is 1.48. The summed E-state index contributed by atoms with van der Waals surface area (Å²) >= 11 is 0. The van der Waals surface area contributed by atoms with E-state index in [1.54, 1.807) is 0 Å². The Kier molecular flexibility index (Phi) is 7.13. The molecule has 1 aromatic carbocycles. The van der Waals surface area contributed by atoms with Gasteiger partial charge >= 0.3 is 0 Å². The number of nitrogens with one attached hydrogen (secondary N) is 2. The number of carbonyl (C=O) groups is 1. The number of rotatable bonds is 6. The summed E-state index contributed by atoms with van der Waals surface area (Å²) in [6, 6.07) is 9.04. The summed E-state index contributed by atoms with van der Waals surface area (Å²) in [5, 5.41) is 7.03. The van der Waals surface area contributed by atoms with E-state index in [-0.39, 0.29) is 5.91 Å². The minimum atomic E-state index is 0.279. The van der Waals surface area contributed by atoms with E-state index in [0.717, 1.165) is 37.9 Å². The number of carbonyl (C=O) groups excluding carboxylic acids is 1. The number of aliphatic imine (C=N–C) groups is 1. The predicted octanol–water partition coefficient (Wildman–Crippen LogP) is 3.44. The van der Waals surface area contributed by atoms with Gasteiger partial charge in [-0.3, -0.25) is 9.79 Å². The maximum Gasteiger partial charge on any atom is 0.222 e. The summed E-state index contributed by atoms with van der Waals surface area (Å²) in [6.45, 7) is 4.65. The fourth-order valence-corrected chi connectivity index (χ4v) is 4.22.